The molecule has 4 aliphatic rings. The van der Waals surface area contributed by atoms with Gasteiger partial charge in [0.1, 0.15) is 5.54 Å². The van der Waals surface area contributed by atoms with Crippen molar-refractivity contribution in [2.75, 3.05) is 32.8 Å². The lowest BCUT2D eigenvalue weighted by Gasteiger charge is -2.35. The Morgan fingerprint density at radius 3 is 2.39 bits per heavy atom. The summed E-state index contributed by atoms with van der Waals surface area (Å²) in [4.78, 5) is 28.9. The monoisotopic (exact) mass is 446 g/mol. The molecule has 5 rings (SSSR count). The molecule has 1 saturated carbocycles. The molecule has 8 nitrogen and oxygen atoms in total. The third kappa shape index (κ3) is 3.66. The van der Waals surface area contributed by atoms with Crippen LogP contribution in [0.5, 0.6) is 0 Å². The SMILES string of the molecule is CC1(C2CC2)NC(=O)N(CN2CCN(S(=O)(=O)c3ccc4c(c3)CCCC4)CC2)C1=O. The first-order valence-corrected chi connectivity index (χ1v) is 12.7. The van der Waals surface area contributed by atoms with Gasteiger partial charge >= 0.3 is 6.03 Å². The van der Waals surface area contributed by atoms with Crippen molar-refractivity contribution < 1.29 is 18.0 Å². The average molecular weight is 447 g/mol. The molecule has 1 aromatic carbocycles. The maximum absolute atomic E-state index is 13.2. The van der Waals surface area contributed by atoms with Crippen molar-refractivity contribution >= 4 is 22.0 Å². The number of nitrogens with zero attached hydrogens (tertiary/aromatic N) is 3. The van der Waals surface area contributed by atoms with E-state index in [-0.39, 0.29) is 24.5 Å². The lowest BCUT2D eigenvalue weighted by Crippen LogP contribution is -2.53. The van der Waals surface area contributed by atoms with E-state index in [4.69, 9.17) is 0 Å². The Kier molecular flexibility index (Phi) is 5.10. The van der Waals surface area contributed by atoms with Gasteiger partial charge in [0, 0.05) is 26.2 Å². The minimum atomic E-state index is -3.54. The second-order valence-electron chi connectivity index (χ2n) is 9.44. The van der Waals surface area contributed by atoms with Gasteiger partial charge < -0.3 is 5.32 Å². The van der Waals surface area contributed by atoms with E-state index in [0.29, 0.717) is 31.1 Å². The zero-order valence-electron chi connectivity index (χ0n) is 18.0. The van der Waals surface area contributed by atoms with Gasteiger partial charge in [-0.1, -0.05) is 6.07 Å². The van der Waals surface area contributed by atoms with E-state index < -0.39 is 15.6 Å². The number of carbonyl (C=O) groups excluding carboxylic acids is 2. The number of urea groups is 1. The Morgan fingerprint density at radius 2 is 1.71 bits per heavy atom. The molecule has 2 saturated heterocycles. The number of hydrogen-bond acceptors (Lipinski definition) is 5. The Bertz CT molecular complexity index is 1010. The minimum absolute atomic E-state index is 0.163. The van der Waals surface area contributed by atoms with E-state index in [0.717, 1.165) is 37.7 Å². The summed E-state index contributed by atoms with van der Waals surface area (Å²) >= 11 is 0. The van der Waals surface area contributed by atoms with Crippen LogP contribution < -0.4 is 5.32 Å². The maximum Gasteiger partial charge on any atom is 0.326 e. The van der Waals surface area contributed by atoms with Gasteiger partial charge in [-0.3, -0.25) is 9.69 Å². The van der Waals surface area contributed by atoms with Crippen molar-refractivity contribution in [2.24, 2.45) is 5.92 Å². The van der Waals surface area contributed by atoms with Crippen LogP contribution in [0.4, 0.5) is 4.79 Å². The molecule has 3 amide bonds. The predicted molar refractivity (Wildman–Crippen MR) is 115 cm³/mol. The number of aryl methyl sites for hydroxylation is 2. The van der Waals surface area contributed by atoms with Gasteiger partial charge in [0.25, 0.3) is 5.91 Å². The highest BCUT2D eigenvalue weighted by molar-refractivity contribution is 7.89. The molecule has 2 aliphatic heterocycles. The van der Waals surface area contributed by atoms with Gasteiger partial charge in [0.05, 0.1) is 11.6 Å². The van der Waals surface area contributed by atoms with E-state index >= 15 is 0 Å². The smallest absolute Gasteiger partial charge is 0.323 e. The van der Waals surface area contributed by atoms with Crippen LogP contribution in [0.25, 0.3) is 0 Å². The largest absolute Gasteiger partial charge is 0.326 e. The number of nitrogens with one attached hydrogen (secondary N) is 1. The summed E-state index contributed by atoms with van der Waals surface area (Å²) in [7, 11) is -3.54. The third-order valence-electron chi connectivity index (χ3n) is 7.33. The Hall–Kier alpha value is -1.97. The highest BCUT2D eigenvalue weighted by Crippen LogP contribution is 2.42. The highest BCUT2D eigenvalue weighted by Gasteiger charge is 2.56. The fourth-order valence-electron chi connectivity index (χ4n) is 5.11. The quantitative estimate of drug-likeness (QED) is 0.693. The van der Waals surface area contributed by atoms with E-state index in [1.807, 2.05) is 24.0 Å². The molecular formula is C22H30N4O4S. The summed E-state index contributed by atoms with van der Waals surface area (Å²) in [5, 5.41) is 2.87. The van der Waals surface area contributed by atoms with Gasteiger partial charge in [-0.25, -0.2) is 18.1 Å². The molecule has 1 atom stereocenters. The van der Waals surface area contributed by atoms with Gasteiger partial charge in [-0.05, 0) is 74.6 Å². The summed E-state index contributed by atoms with van der Waals surface area (Å²) in [6, 6.07) is 5.20. The van der Waals surface area contributed by atoms with Crippen LogP contribution in [-0.4, -0.2) is 72.8 Å². The first-order valence-electron chi connectivity index (χ1n) is 11.3. The molecule has 1 N–H and O–H groups in total. The van der Waals surface area contributed by atoms with Crippen LogP contribution in [0.3, 0.4) is 0 Å². The highest BCUT2D eigenvalue weighted by atomic mass is 32.2. The molecule has 0 spiro atoms. The van der Waals surface area contributed by atoms with E-state index in [2.05, 4.69) is 5.32 Å². The Balaban J connectivity index is 1.22. The first-order chi connectivity index (χ1) is 14.8. The number of amides is 3. The molecule has 3 fully saturated rings. The fraction of sp³-hybridized carbons (Fsp3) is 0.636. The van der Waals surface area contributed by atoms with Gasteiger partial charge in [0.2, 0.25) is 10.0 Å². The standard InChI is InChI=1S/C22H30N4O4S/c1-22(18-7-8-18)20(27)26(21(28)23-22)15-24-10-12-25(13-11-24)31(29,30)19-9-6-16-4-2-3-5-17(16)14-19/h6,9,14,18H,2-5,7-8,10-13,15H2,1H3,(H,23,28). The van der Waals surface area contributed by atoms with E-state index in [1.165, 1.54) is 21.2 Å². The van der Waals surface area contributed by atoms with Crippen LogP contribution in [-0.2, 0) is 27.7 Å². The van der Waals surface area contributed by atoms with Gasteiger partial charge in [-0.2, -0.15) is 4.31 Å². The number of fused-ring (bicyclic) bond motifs is 1. The Labute approximate surface area is 183 Å². The Morgan fingerprint density at radius 1 is 1.03 bits per heavy atom. The number of benzene rings is 1. The molecule has 168 valence electrons. The van der Waals surface area contributed by atoms with Crippen LogP contribution in [0.15, 0.2) is 23.1 Å². The zero-order chi connectivity index (χ0) is 21.8. The second-order valence-corrected chi connectivity index (χ2v) is 11.4. The van der Waals surface area contributed by atoms with E-state index in [1.54, 1.807) is 6.07 Å². The molecule has 2 heterocycles. The summed E-state index contributed by atoms with van der Waals surface area (Å²) in [5.74, 6) is 0.0664. The molecule has 1 unspecified atom stereocenters. The molecule has 2 aliphatic carbocycles. The zero-order valence-corrected chi connectivity index (χ0v) is 18.8. The topological polar surface area (TPSA) is 90.0 Å². The van der Waals surface area contributed by atoms with Crippen molar-refractivity contribution in [3.05, 3.63) is 29.3 Å². The summed E-state index contributed by atoms with van der Waals surface area (Å²) in [6.45, 7) is 3.70. The number of rotatable bonds is 5. The maximum atomic E-state index is 13.2. The minimum Gasteiger partial charge on any atom is -0.323 e. The van der Waals surface area contributed by atoms with Gasteiger partial charge in [0.15, 0.2) is 0 Å². The summed E-state index contributed by atoms with van der Waals surface area (Å²) in [5.41, 5.74) is 1.64. The molecule has 31 heavy (non-hydrogen) atoms. The second kappa shape index (κ2) is 7.56. The van der Waals surface area contributed by atoms with Crippen molar-refractivity contribution in [3.63, 3.8) is 0 Å². The summed E-state index contributed by atoms with van der Waals surface area (Å²) < 4.78 is 27.9. The molecule has 0 aromatic heterocycles. The molecule has 0 bridgehead atoms. The van der Waals surface area contributed by atoms with Crippen molar-refractivity contribution in [3.8, 4) is 0 Å². The lowest BCUT2D eigenvalue weighted by molar-refractivity contribution is -0.133. The number of carbonyl (C=O) groups is 2. The normalized spacial score (nSPS) is 28.0. The molecule has 9 heteroatoms. The average Bonchev–Trinajstić information content (AvgIpc) is 3.60. The van der Waals surface area contributed by atoms with Crippen LogP contribution in [0, 0.1) is 5.92 Å². The van der Waals surface area contributed by atoms with Crippen molar-refractivity contribution in [1.82, 2.24) is 19.4 Å². The van der Waals surface area contributed by atoms with Crippen LogP contribution in [0.2, 0.25) is 0 Å². The number of piperazine rings is 1. The third-order valence-corrected chi connectivity index (χ3v) is 9.22. The van der Waals surface area contributed by atoms with Crippen molar-refractivity contribution in [2.45, 2.75) is 55.9 Å². The molecular weight excluding hydrogens is 416 g/mol. The number of hydrogen-bond donors (Lipinski definition) is 1. The van der Waals surface area contributed by atoms with Crippen molar-refractivity contribution in [1.29, 1.82) is 0 Å². The van der Waals surface area contributed by atoms with Gasteiger partial charge in [-0.15, -0.1) is 0 Å². The van der Waals surface area contributed by atoms with Crippen LogP contribution in [0.1, 0.15) is 43.7 Å². The molecule has 0 radical (unpaired) electrons. The van der Waals surface area contributed by atoms with E-state index in [9.17, 15) is 18.0 Å². The van der Waals surface area contributed by atoms with Crippen LogP contribution >= 0.6 is 0 Å². The number of imide groups is 1. The molecule has 1 aromatic rings. The number of sulfonamides is 1. The summed E-state index contributed by atoms with van der Waals surface area (Å²) in [6.07, 6.45) is 6.18. The lowest BCUT2D eigenvalue weighted by atomic mass is 9.92. The predicted octanol–water partition coefficient (Wildman–Crippen LogP) is 1.55. The fourth-order valence-corrected chi connectivity index (χ4v) is 6.59. The first kappa shape index (κ1) is 20.9.